The Morgan fingerprint density at radius 1 is 1.06 bits per heavy atom. The normalized spacial score (nSPS) is 23.8. The molecule has 0 radical (unpaired) electrons. The van der Waals surface area contributed by atoms with Crippen molar-refractivity contribution in [3.05, 3.63) is 23.3 Å². The summed E-state index contributed by atoms with van der Waals surface area (Å²) in [4.78, 5) is 0. The molecule has 1 unspecified atom stereocenters. The molecule has 4 heteroatoms. The van der Waals surface area contributed by atoms with Gasteiger partial charge in [-0.05, 0) is 66.9 Å². The fourth-order valence-corrected chi connectivity index (χ4v) is 3.69. The monoisotopic (exact) mass is 303 g/mol. The number of allylic oxidation sites excluding steroid dienone is 4. The van der Waals surface area contributed by atoms with E-state index in [0.717, 1.165) is 55.9 Å². The molecule has 0 spiro atoms. The van der Waals surface area contributed by atoms with Crippen molar-refractivity contribution < 1.29 is 0 Å². The molecule has 0 fully saturated rings. The zero-order valence-electron chi connectivity index (χ0n) is 10.9. The van der Waals surface area contributed by atoms with Crippen molar-refractivity contribution in [3.63, 3.8) is 0 Å². The Morgan fingerprint density at radius 2 is 1.78 bits per heavy atom. The minimum atomic E-state index is 0.231. The van der Waals surface area contributed by atoms with Crippen molar-refractivity contribution in [2.45, 2.75) is 32.1 Å². The van der Waals surface area contributed by atoms with E-state index in [0.29, 0.717) is 0 Å². The van der Waals surface area contributed by atoms with Gasteiger partial charge in [0.2, 0.25) is 0 Å². The summed E-state index contributed by atoms with van der Waals surface area (Å²) >= 11 is 13.1. The summed E-state index contributed by atoms with van der Waals surface area (Å²) in [5.41, 5.74) is 9.03. The summed E-state index contributed by atoms with van der Waals surface area (Å²) in [5, 5.41) is 0. The van der Waals surface area contributed by atoms with Gasteiger partial charge in [0.1, 0.15) is 0 Å². The summed E-state index contributed by atoms with van der Waals surface area (Å²) in [6.07, 6.45) is 10.1. The molecule has 0 aliphatic heterocycles. The van der Waals surface area contributed by atoms with Crippen LogP contribution in [-0.2, 0) is 0 Å². The van der Waals surface area contributed by atoms with Crippen LogP contribution in [0.3, 0.4) is 0 Å². The van der Waals surface area contributed by atoms with E-state index in [1.165, 1.54) is 5.57 Å². The Morgan fingerprint density at radius 3 is 2.33 bits per heavy atom. The largest absolute Gasteiger partial charge is 0.330 e. The smallest absolute Gasteiger partial charge is 0.00574 e. The van der Waals surface area contributed by atoms with Gasteiger partial charge in [0.25, 0.3) is 0 Å². The van der Waals surface area contributed by atoms with Gasteiger partial charge in [-0.2, -0.15) is 37.9 Å². The number of nitrogens with two attached hydrogens (primary N) is 1. The lowest BCUT2D eigenvalue weighted by Crippen LogP contribution is -2.26. The molecular formula is C14H25NS3. The van der Waals surface area contributed by atoms with E-state index in [2.05, 4.69) is 50.0 Å². The molecule has 0 aromatic rings. The van der Waals surface area contributed by atoms with Gasteiger partial charge in [0.15, 0.2) is 0 Å². The second-order valence-electron chi connectivity index (χ2n) is 4.96. The zero-order chi connectivity index (χ0) is 13.4. The summed E-state index contributed by atoms with van der Waals surface area (Å²) in [5.74, 6) is 2.74. The maximum atomic E-state index is 5.79. The molecule has 1 nitrogen and oxygen atoms in total. The molecule has 0 aromatic heterocycles. The molecular weight excluding hydrogens is 278 g/mol. The van der Waals surface area contributed by atoms with E-state index in [1.54, 1.807) is 5.57 Å². The van der Waals surface area contributed by atoms with Gasteiger partial charge < -0.3 is 5.73 Å². The lowest BCUT2D eigenvalue weighted by Gasteiger charge is -2.35. The number of rotatable bonds is 8. The lowest BCUT2D eigenvalue weighted by atomic mass is 9.71. The first-order valence-corrected chi connectivity index (χ1v) is 8.54. The average Bonchev–Trinajstić information content (AvgIpc) is 2.34. The standard InChI is InChI=1S/C14H25NS3/c15-7-5-14(6-10-18)4-1-12(2-8-16)13(11-14)3-9-17/h1,4,16-18H,2-3,5-11,15H2. The highest BCUT2D eigenvalue weighted by Crippen LogP contribution is 2.42. The molecule has 0 amide bonds. The Balaban J connectivity index is 2.88. The highest BCUT2D eigenvalue weighted by atomic mass is 32.1. The van der Waals surface area contributed by atoms with E-state index in [4.69, 9.17) is 5.73 Å². The van der Waals surface area contributed by atoms with Gasteiger partial charge >= 0.3 is 0 Å². The second-order valence-corrected chi connectivity index (χ2v) is 6.30. The molecule has 1 atom stereocenters. The van der Waals surface area contributed by atoms with Gasteiger partial charge in [0, 0.05) is 0 Å². The van der Waals surface area contributed by atoms with E-state index < -0.39 is 0 Å². The van der Waals surface area contributed by atoms with Crippen LogP contribution < -0.4 is 5.73 Å². The van der Waals surface area contributed by atoms with Crippen molar-refractivity contribution in [1.29, 1.82) is 0 Å². The quantitative estimate of drug-likeness (QED) is 0.507. The van der Waals surface area contributed by atoms with Crippen LogP contribution in [0.25, 0.3) is 0 Å². The van der Waals surface area contributed by atoms with Gasteiger partial charge in [-0.25, -0.2) is 0 Å². The highest BCUT2D eigenvalue weighted by Gasteiger charge is 2.30. The summed E-state index contributed by atoms with van der Waals surface area (Å²) in [6.45, 7) is 0.744. The summed E-state index contributed by atoms with van der Waals surface area (Å²) < 4.78 is 0. The van der Waals surface area contributed by atoms with Crippen LogP contribution in [0.15, 0.2) is 23.3 Å². The number of thiol groups is 3. The highest BCUT2D eigenvalue weighted by molar-refractivity contribution is 7.80. The van der Waals surface area contributed by atoms with E-state index >= 15 is 0 Å². The van der Waals surface area contributed by atoms with E-state index in [9.17, 15) is 0 Å². The number of hydrogen-bond acceptors (Lipinski definition) is 4. The van der Waals surface area contributed by atoms with Crippen molar-refractivity contribution in [2.75, 3.05) is 23.8 Å². The van der Waals surface area contributed by atoms with Crippen LogP contribution in [0.4, 0.5) is 0 Å². The first kappa shape index (κ1) is 16.5. The Kier molecular flexibility index (Phi) is 7.92. The Bertz CT molecular complexity index is 304. The van der Waals surface area contributed by atoms with Gasteiger partial charge in [0.05, 0.1) is 0 Å². The van der Waals surface area contributed by atoms with Gasteiger partial charge in [-0.15, -0.1) is 0 Å². The van der Waals surface area contributed by atoms with Crippen LogP contribution >= 0.6 is 37.9 Å². The molecule has 1 aliphatic rings. The molecule has 1 aliphatic carbocycles. The zero-order valence-corrected chi connectivity index (χ0v) is 13.6. The van der Waals surface area contributed by atoms with Gasteiger partial charge in [-0.3, -0.25) is 0 Å². The van der Waals surface area contributed by atoms with Crippen molar-refractivity contribution in [2.24, 2.45) is 11.1 Å². The predicted octanol–water partition coefficient (Wildman–Crippen LogP) is 3.54. The predicted molar refractivity (Wildman–Crippen MR) is 92.3 cm³/mol. The number of hydrogen-bond donors (Lipinski definition) is 4. The SMILES string of the molecule is NCCC1(CCS)C=CC(CCS)=C(CCS)C1. The fourth-order valence-electron chi connectivity index (χ4n) is 2.74. The van der Waals surface area contributed by atoms with Crippen molar-refractivity contribution >= 4 is 37.9 Å². The molecule has 0 saturated heterocycles. The molecule has 0 aromatic carbocycles. The van der Waals surface area contributed by atoms with Crippen LogP contribution in [0.2, 0.25) is 0 Å². The molecule has 104 valence electrons. The molecule has 0 saturated carbocycles. The molecule has 0 bridgehead atoms. The molecule has 1 rings (SSSR count). The Hall–Kier alpha value is 0.490. The minimum Gasteiger partial charge on any atom is -0.330 e. The Labute approximate surface area is 128 Å². The third-order valence-electron chi connectivity index (χ3n) is 3.70. The maximum Gasteiger partial charge on any atom is -0.00574 e. The third kappa shape index (κ3) is 4.55. The van der Waals surface area contributed by atoms with Crippen LogP contribution in [0.5, 0.6) is 0 Å². The van der Waals surface area contributed by atoms with Crippen LogP contribution in [-0.4, -0.2) is 23.8 Å². The molecule has 18 heavy (non-hydrogen) atoms. The first-order valence-electron chi connectivity index (χ1n) is 6.64. The summed E-state index contributed by atoms with van der Waals surface area (Å²) in [7, 11) is 0. The van der Waals surface area contributed by atoms with Crippen LogP contribution in [0, 0.1) is 5.41 Å². The first-order chi connectivity index (χ1) is 8.71. The average molecular weight is 304 g/mol. The van der Waals surface area contributed by atoms with E-state index in [-0.39, 0.29) is 5.41 Å². The fraction of sp³-hybridized carbons (Fsp3) is 0.714. The van der Waals surface area contributed by atoms with Crippen molar-refractivity contribution in [1.82, 2.24) is 0 Å². The molecule has 2 N–H and O–H groups in total. The third-order valence-corrected chi connectivity index (χ3v) is 4.38. The topological polar surface area (TPSA) is 26.0 Å². The summed E-state index contributed by atoms with van der Waals surface area (Å²) in [6, 6.07) is 0. The second kappa shape index (κ2) is 8.62. The van der Waals surface area contributed by atoms with Crippen molar-refractivity contribution in [3.8, 4) is 0 Å². The minimum absolute atomic E-state index is 0.231. The van der Waals surface area contributed by atoms with Gasteiger partial charge in [-0.1, -0.05) is 17.7 Å². The van der Waals surface area contributed by atoms with Crippen LogP contribution in [0.1, 0.15) is 32.1 Å². The molecule has 0 heterocycles. The lowest BCUT2D eigenvalue weighted by molar-refractivity contribution is 0.334. The van der Waals surface area contributed by atoms with E-state index in [1.807, 2.05) is 0 Å². The maximum absolute atomic E-state index is 5.79.